The monoisotopic (exact) mass is 536 g/mol. The minimum absolute atomic E-state index is 0.398. The smallest absolute Gasteiger partial charge is 0.159 e. The zero-order valence-corrected chi connectivity index (χ0v) is 22.7. The molecule has 4 heterocycles. The summed E-state index contributed by atoms with van der Waals surface area (Å²) in [7, 11) is 7.91. The van der Waals surface area contributed by atoms with E-state index in [1.54, 1.807) is 12.3 Å². The number of imidazole rings is 1. The Morgan fingerprint density at radius 2 is 1.75 bits per heavy atom. The summed E-state index contributed by atoms with van der Waals surface area (Å²) in [5.41, 5.74) is 7.16. The number of hydrogen-bond donors (Lipinski definition) is 2. The first-order valence-corrected chi connectivity index (χ1v) is 12.9. The molecule has 6 rings (SSSR count). The number of ether oxygens (including phenoxy) is 1. The van der Waals surface area contributed by atoms with Gasteiger partial charge in [0.05, 0.1) is 28.6 Å². The average molecular weight is 537 g/mol. The maximum Gasteiger partial charge on any atom is 0.159 e. The van der Waals surface area contributed by atoms with Gasteiger partial charge in [0.2, 0.25) is 0 Å². The Balaban J connectivity index is 1.39. The molecule has 202 valence electrons. The van der Waals surface area contributed by atoms with Crippen molar-refractivity contribution in [2.45, 2.75) is 0 Å². The van der Waals surface area contributed by atoms with Crippen molar-refractivity contribution in [3.8, 4) is 39.7 Å². The van der Waals surface area contributed by atoms with Crippen molar-refractivity contribution in [3.63, 3.8) is 0 Å². The number of benzene rings is 2. The lowest BCUT2D eigenvalue weighted by molar-refractivity contribution is 0.260. The van der Waals surface area contributed by atoms with Crippen molar-refractivity contribution in [3.05, 3.63) is 72.9 Å². The van der Waals surface area contributed by atoms with Crippen molar-refractivity contribution >= 4 is 27.6 Å². The van der Waals surface area contributed by atoms with Gasteiger partial charge in [-0.25, -0.2) is 9.37 Å². The molecule has 10 heteroatoms. The molecule has 2 aromatic carbocycles. The molecule has 0 bridgehead atoms. The van der Waals surface area contributed by atoms with Crippen LogP contribution in [-0.4, -0.2) is 76.4 Å². The molecule has 2 N–H and O–H groups in total. The molecule has 0 unspecified atom stereocenters. The summed E-state index contributed by atoms with van der Waals surface area (Å²) >= 11 is 0. The first-order valence-electron chi connectivity index (χ1n) is 12.9. The van der Waals surface area contributed by atoms with Gasteiger partial charge >= 0.3 is 0 Å². The zero-order valence-electron chi connectivity index (χ0n) is 22.7. The van der Waals surface area contributed by atoms with Crippen LogP contribution in [0.1, 0.15) is 0 Å². The second-order valence-electron chi connectivity index (χ2n) is 10.1. The molecule has 0 aliphatic rings. The number of aromatic nitrogens is 6. The Bertz CT molecular complexity index is 1820. The molecule has 6 aromatic rings. The van der Waals surface area contributed by atoms with Gasteiger partial charge in [-0.2, -0.15) is 5.10 Å². The number of nitrogens with zero attached hydrogens (tertiary/aromatic N) is 6. The minimum Gasteiger partial charge on any atom is -0.492 e. The highest BCUT2D eigenvalue weighted by atomic mass is 19.1. The number of rotatable bonds is 8. The van der Waals surface area contributed by atoms with Crippen LogP contribution in [0.2, 0.25) is 0 Å². The van der Waals surface area contributed by atoms with E-state index in [1.807, 2.05) is 68.6 Å². The van der Waals surface area contributed by atoms with Gasteiger partial charge in [-0.15, -0.1) is 0 Å². The second-order valence-corrected chi connectivity index (χ2v) is 10.1. The third-order valence-corrected chi connectivity index (χ3v) is 6.71. The molecule has 0 spiro atoms. The zero-order chi connectivity index (χ0) is 27.8. The van der Waals surface area contributed by atoms with Gasteiger partial charge in [-0.1, -0.05) is 6.07 Å². The number of aromatic amines is 2. The highest BCUT2D eigenvalue weighted by Crippen LogP contribution is 2.34. The predicted octanol–water partition coefficient (Wildman–Crippen LogP) is 5.38. The molecule has 0 saturated heterocycles. The molecule has 0 atom stereocenters. The Morgan fingerprint density at radius 3 is 2.58 bits per heavy atom. The van der Waals surface area contributed by atoms with Crippen LogP contribution in [0.3, 0.4) is 0 Å². The number of halogens is 1. The molecular formula is C30H29FN8O. The summed E-state index contributed by atoms with van der Waals surface area (Å²) in [6.45, 7) is 1.17. The number of pyridine rings is 2. The van der Waals surface area contributed by atoms with E-state index in [1.165, 1.54) is 12.1 Å². The molecule has 40 heavy (non-hydrogen) atoms. The summed E-state index contributed by atoms with van der Waals surface area (Å²) in [4.78, 5) is 21.2. The van der Waals surface area contributed by atoms with E-state index in [0.29, 0.717) is 40.6 Å². The van der Waals surface area contributed by atoms with E-state index in [4.69, 9.17) is 9.72 Å². The topological polar surface area (TPSA) is 98.8 Å². The number of H-pyrrole nitrogens is 2. The van der Waals surface area contributed by atoms with Crippen molar-refractivity contribution in [2.75, 3.05) is 46.2 Å². The SMILES string of the molecule is CN(C)CCOc1cc(F)cc(-c2nccc3[nH]c(-c4n[nH]c5ccc(-c6cncc(N(C)C)c6)cc45)nc23)c1. The Morgan fingerprint density at radius 1 is 0.875 bits per heavy atom. The lowest BCUT2D eigenvalue weighted by atomic mass is 10.0. The summed E-state index contributed by atoms with van der Waals surface area (Å²) in [5.74, 6) is 0.641. The van der Waals surface area contributed by atoms with Crippen LogP contribution >= 0.6 is 0 Å². The summed E-state index contributed by atoms with van der Waals surface area (Å²) < 4.78 is 20.4. The molecule has 0 fully saturated rings. The lowest BCUT2D eigenvalue weighted by Gasteiger charge is -2.13. The van der Waals surface area contributed by atoms with E-state index in [-0.39, 0.29) is 0 Å². The van der Waals surface area contributed by atoms with E-state index in [2.05, 4.69) is 37.3 Å². The van der Waals surface area contributed by atoms with E-state index < -0.39 is 5.82 Å². The number of likely N-dealkylation sites (N-methyl/N-ethyl adjacent to an activating group) is 1. The van der Waals surface area contributed by atoms with Crippen LogP contribution in [0.25, 0.3) is 55.8 Å². The van der Waals surface area contributed by atoms with Crippen molar-refractivity contribution < 1.29 is 9.13 Å². The first kappa shape index (κ1) is 25.4. The highest BCUT2D eigenvalue weighted by molar-refractivity contribution is 5.97. The quantitative estimate of drug-likeness (QED) is 0.270. The number of fused-ring (bicyclic) bond motifs is 2. The molecule has 0 saturated carbocycles. The Hall–Kier alpha value is -4.83. The van der Waals surface area contributed by atoms with Gasteiger partial charge in [0, 0.05) is 55.6 Å². The van der Waals surface area contributed by atoms with Crippen LogP contribution in [0.5, 0.6) is 5.75 Å². The number of hydrogen-bond acceptors (Lipinski definition) is 7. The van der Waals surface area contributed by atoms with Crippen molar-refractivity contribution in [1.82, 2.24) is 35.0 Å². The molecule has 0 radical (unpaired) electrons. The van der Waals surface area contributed by atoms with E-state index >= 15 is 0 Å². The van der Waals surface area contributed by atoms with Crippen LogP contribution in [-0.2, 0) is 0 Å². The standard InChI is InChI=1S/C30H29FN8O/c1-38(2)9-10-40-23-13-19(11-21(31)15-23)27-29-26(7-8-33-27)34-30(35-29)28-24-14-18(5-6-25(24)36-37-28)20-12-22(39(3)4)17-32-16-20/h5-8,11-17H,9-10H2,1-4H3,(H,34,35)(H,36,37). The van der Waals surface area contributed by atoms with Gasteiger partial charge in [0.1, 0.15) is 29.4 Å². The van der Waals surface area contributed by atoms with Gasteiger partial charge in [-0.3, -0.25) is 15.1 Å². The van der Waals surface area contributed by atoms with E-state index in [9.17, 15) is 4.39 Å². The molecular weight excluding hydrogens is 507 g/mol. The molecule has 0 aliphatic heterocycles. The van der Waals surface area contributed by atoms with Crippen molar-refractivity contribution in [1.29, 1.82) is 0 Å². The fourth-order valence-electron chi connectivity index (χ4n) is 4.59. The maximum atomic E-state index is 14.6. The van der Waals surface area contributed by atoms with Crippen LogP contribution in [0.4, 0.5) is 10.1 Å². The van der Waals surface area contributed by atoms with Gasteiger partial charge < -0.3 is 19.5 Å². The van der Waals surface area contributed by atoms with Crippen LogP contribution in [0.15, 0.2) is 67.1 Å². The fraction of sp³-hybridized carbons (Fsp3) is 0.200. The fourth-order valence-corrected chi connectivity index (χ4v) is 4.59. The molecule has 0 amide bonds. The summed E-state index contributed by atoms with van der Waals surface area (Å²) in [6.07, 6.45) is 5.37. The molecule has 9 nitrogen and oxygen atoms in total. The minimum atomic E-state index is -0.398. The number of nitrogens with one attached hydrogen (secondary N) is 2. The molecule has 0 aliphatic carbocycles. The largest absolute Gasteiger partial charge is 0.492 e. The normalized spacial score (nSPS) is 11.6. The van der Waals surface area contributed by atoms with Gasteiger partial charge in [0.15, 0.2) is 5.82 Å². The Labute approximate surface area is 230 Å². The summed E-state index contributed by atoms with van der Waals surface area (Å²) in [5, 5.41) is 8.60. The summed E-state index contributed by atoms with van der Waals surface area (Å²) in [6, 6.07) is 14.7. The average Bonchev–Trinajstić information content (AvgIpc) is 3.56. The van der Waals surface area contributed by atoms with Gasteiger partial charge in [-0.05, 0) is 56.1 Å². The molecule has 4 aromatic heterocycles. The first-order chi connectivity index (χ1) is 19.4. The van der Waals surface area contributed by atoms with Crippen molar-refractivity contribution in [2.24, 2.45) is 0 Å². The third-order valence-electron chi connectivity index (χ3n) is 6.71. The number of anilines is 1. The second kappa shape index (κ2) is 10.4. The predicted molar refractivity (Wildman–Crippen MR) is 156 cm³/mol. The van der Waals surface area contributed by atoms with Gasteiger partial charge in [0.25, 0.3) is 0 Å². The Kier molecular flexibility index (Phi) is 6.61. The highest BCUT2D eigenvalue weighted by Gasteiger charge is 2.17. The van der Waals surface area contributed by atoms with E-state index in [0.717, 1.165) is 39.8 Å². The maximum absolute atomic E-state index is 14.6. The lowest BCUT2D eigenvalue weighted by Crippen LogP contribution is -2.19. The van der Waals surface area contributed by atoms with Crippen LogP contribution in [0, 0.1) is 5.82 Å². The van der Waals surface area contributed by atoms with Crippen LogP contribution < -0.4 is 9.64 Å². The third kappa shape index (κ3) is 4.96.